The molecule has 1 saturated heterocycles. The van der Waals surface area contributed by atoms with E-state index in [1.807, 2.05) is 4.90 Å². The molecule has 2 aromatic rings. The monoisotopic (exact) mass is 428 g/mol. The van der Waals surface area contributed by atoms with Gasteiger partial charge in [-0.25, -0.2) is 0 Å². The molecule has 5 rings (SSSR count). The summed E-state index contributed by atoms with van der Waals surface area (Å²) in [5.74, 6) is 0.112. The molecule has 1 aliphatic heterocycles. The molecule has 0 bridgehead atoms. The molecule has 1 atom stereocenters. The summed E-state index contributed by atoms with van der Waals surface area (Å²) in [5.41, 5.74) is 8.44. The first-order chi connectivity index (χ1) is 15.4. The second kappa shape index (κ2) is 8.23. The van der Waals surface area contributed by atoms with Gasteiger partial charge in [0.2, 0.25) is 11.8 Å². The summed E-state index contributed by atoms with van der Waals surface area (Å²) in [6.45, 7) is 5.74. The Kier molecular flexibility index (Phi) is 5.40. The minimum atomic E-state index is 0.0230. The Morgan fingerprint density at radius 1 is 0.906 bits per heavy atom. The van der Waals surface area contributed by atoms with Crippen LogP contribution in [0, 0.1) is 11.3 Å². The number of hydrogen-bond donors (Lipinski definition) is 1. The number of amides is 2. The summed E-state index contributed by atoms with van der Waals surface area (Å²) < 4.78 is 0. The molecule has 3 aliphatic rings. The van der Waals surface area contributed by atoms with Gasteiger partial charge in [0.15, 0.2) is 0 Å². The molecule has 32 heavy (non-hydrogen) atoms. The second-order valence-electron chi connectivity index (χ2n) is 10.1. The highest BCUT2D eigenvalue weighted by Gasteiger charge is 2.50. The van der Waals surface area contributed by atoms with E-state index in [1.165, 1.54) is 33.4 Å². The predicted octanol–water partition coefficient (Wildman–Crippen LogP) is 4.37. The van der Waals surface area contributed by atoms with Gasteiger partial charge in [0.1, 0.15) is 0 Å². The van der Waals surface area contributed by atoms with E-state index in [2.05, 4.69) is 67.7 Å². The molecule has 2 fully saturated rings. The Balaban J connectivity index is 1.32. The van der Waals surface area contributed by atoms with Crippen molar-refractivity contribution in [2.75, 3.05) is 19.6 Å². The van der Waals surface area contributed by atoms with E-state index < -0.39 is 0 Å². The Hall–Kier alpha value is -2.88. The minimum absolute atomic E-state index is 0.0230. The molecule has 2 aliphatic carbocycles. The molecule has 0 spiro atoms. The van der Waals surface area contributed by atoms with Crippen LogP contribution in [0.2, 0.25) is 0 Å². The van der Waals surface area contributed by atoms with Crippen molar-refractivity contribution >= 4 is 17.4 Å². The van der Waals surface area contributed by atoms with Crippen LogP contribution in [0.1, 0.15) is 55.4 Å². The zero-order valence-corrected chi connectivity index (χ0v) is 19.1. The lowest BCUT2D eigenvalue weighted by atomic mass is 9.86. The smallest absolute Gasteiger partial charge is 0.241 e. The third-order valence-electron chi connectivity index (χ3n) is 7.55. The molecule has 1 saturated carbocycles. The van der Waals surface area contributed by atoms with Gasteiger partial charge in [0.25, 0.3) is 0 Å². The summed E-state index contributed by atoms with van der Waals surface area (Å²) in [7, 11) is 0. The van der Waals surface area contributed by atoms with Crippen molar-refractivity contribution in [2.45, 2.75) is 46.0 Å². The van der Waals surface area contributed by atoms with Crippen LogP contribution in [-0.4, -0.2) is 36.3 Å². The molecule has 166 valence electrons. The van der Waals surface area contributed by atoms with Gasteiger partial charge < -0.3 is 10.2 Å². The van der Waals surface area contributed by atoms with E-state index in [9.17, 15) is 9.59 Å². The van der Waals surface area contributed by atoms with Gasteiger partial charge in [-0.15, -0.1) is 0 Å². The van der Waals surface area contributed by atoms with Gasteiger partial charge in [0.05, 0.1) is 6.54 Å². The highest BCUT2D eigenvalue weighted by atomic mass is 16.2. The number of nitrogens with zero attached hydrogens (tertiary/aromatic N) is 1. The van der Waals surface area contributed by atoms with Crippen LogP contribution in [0.3, 0.4) is 0 Å². The minimum Gasteiger partial charge on any atom is -0.347 e. The van der Waals surface area contributed by atoms with Crippen LogP contribution in [0.15, 0.2) is 54.1 Å². The summed E-state index contributed by atoms with van der Waals surface area (Å²) in [5, 5.41) is 2.86. The average molecular weight is 429 g/mol. The number of rotatable bonds is 3. The largest absolute Gasteiger partial charge is 0.347 e. The predicted molar refractivity (Wildman–Crippen MR) is 127 cm³/mol. The molecule has 4 heteroatoms. The fraction of sp³-hybridized carbons (Fsp3) is 0.429. The van der Waals surface area contributed by atoms with Crippen LogP contribution < -0.4 is 5.32 Å². The van der Waals surface area contributed by atoms with Gasteiger partial charge in [-0.2, -0.15) is 0 Å². The highest BCUT2D eigenvalue weighted by Crippen LogP contribution is 2.51. The lowest BCUT2D eigenvalue weighted by Gasteiger charge is -2.31. The molecule has 0 aromatic heterocycles. The molecule has 1 N–H and O–H groups in total. The Morgan fingerprint density at radius 3 is 1.97 bits per heavy atom. The molecule has 1 heterocycles. The molecule has 0 unspecified atom stereocenters. The Morgan fingerprint density at radius 2 is 1.44 bits per heavy atom. The number of fused-ring (bicyclic) bond motifs is 2. The van der Waals surface area contributed by atoms with Crippen LogP contribution in [0.25, 0.3) is 5.57 Å². The number of carbonyl (C=O) groups is 2. The van der Waals surface area contributed by atoms with Crippen LogP contribution in [-0.2, 0) is 22.4 Å². The van der Waals surface area contributed by atoms with Crippen molar-refractivity contribution < 1.29 is 9.59 Å². The molecule has 4 nitrogen and oxygen atoms in total. The van der Waals surface area contributed by atoms with Crippen LogP contribution >= 0.6 is 0 Å². The lowest BCUT2D eigenvalue weighted by Crippen LogP contribution is -2.43. The number of hydrogen-bond acceptors (Lipinski definition) is 2. The number of benzene rings is 2. The molecular weight excluding hydrogens is 396 g/mol. The summed E-state index contributed by atoms with van der Waals surface area (Å²) in [6.07, 6.45) is 4.80. The number of aryl methyl sites for hydroxylation is 2. The third-order valence-corrected chi connectivity index (χ3v) is 7.55. The van der Waals surface area contributed by atoms with Gasteiger partial charge in [0, 0.05) is 19.0 Å². The van der Waals surface area contributed by atoms with E-state index in [-0.39, 0.29) is 29.7 Å². The third kappa shape index (κ3) is 3.99. The van der Waals surface area contributed by atoms with Gasteiger partial charge in [-0.1, -0.05) is 68.0 Å². The molecule has 2 aromatic carbocycles. The molecule has 2 amide bonds. The van der Waals surface area contributed by atoms with Gasteiger partial charge in [-0.05, 0) is 65.3 Å². The van der Waals surface area contributed by atoms with E-state index in [0.717, 1.165) is 32.1 Å². The van der Waals surface area contributed by atoms with Crippen molar-refractivity contribution in [3.8, 4) is 0 Å². The van der Waals surface area contributed by atoms with Crippen LogP contribution in [0.5, 0.6) is 0 Å². The topological polar surface area (TPSA) is 49.4 Å². The highest BCUT2D eigenvalue weighted by molar-refractivity contribution is 5.88. The fourth-order valence-electron chi connectivity index (χ4n) is 5.35. The lowest BCUT2D eigenvalue weighted by molar-refractivity contribution is -0.133. The number of likely N-dealkylation sites (tertiary alicyclic amines) is 1. The zero-order valence-electron chi connectivity index (χ0n) is 19.1. The molecular formula is C28H32N2O2. The summed E-state index contributed by atoms with van der Waals surface area (Å²) in [6, 6.07) is 17.6. The standard InChI is InChI=1S/C28H32N2O2/c1-28(2)17-24(28)27(32)29-18-25(31)30-15-13-21(14-16-30)26-22-9-5-3-7-19(22)11-12-20-8-4-6-10-23(20)26/h3-10,24H,11-18H2,1-2H3,(H,29,32)/t24-/m0/s1. The summed E-state index contributed by atoms with van der Waals surface area (Å²) >= 11 is 0. The van der Waals surface area contributed by atoms with Crippen molar-refractivity contribution in [3.63, 3.8) is 0 Å². The van der Waals surface area contributed by atoms with E-state index >= 15 is 0 Å². The van der Waals surface area contributed by atoms with Crippen molar-refractivity contribution in [2.24, 2.45) is 11.3 Å². The van der Waals surface area contributed by atoms with Gasteiger partial charge >= 0.3 is 0 Å². The molecule has 0 radical (unpaired) electrons. The van der Waals surface area contributed by atoms with E-state index in [1.54, 1.807) is 0 Å². The maximum Gasteiger partial charge on any atom is 0.241 e. The fourth-order valence-corrected chi connectivity index (χ4v) is 5.35. The maximum atomic E-state index is 12.7. The number of carbonyl (C=O) groups excluding carboxylic acids is 2. The van der Waals surface area contributed by atoms with Crippen molar-refractivity contribution in [3.05, 3.63) is 76.4 Å². The Bertz CT molecular complexity index is 1040. The first-order valence-electron chi connectivity index (χ1n) is 11.9. The van der Waals surface area contributed by atoms with Crippen molar-refractivity contribution in [1.82, 2.24) is 10.2 Å². The van der Waals surface area contributed by atoms with Gasteiger partial charge in [-0.3, -0.25) is 9.59 Å². The first-order valence-corrected chi connectivity index (χ1v) is 11.9. The van der Waals surface area contributed by atoms with E-state index in [4.69, 9.17) is 0 Å². The maximum absolute atomic E-state index is 12.7. The van der Waals surface area contributed by atoms with E-state index in [0.29, 0.717) is 13.1 Å². The quantitative estimate of drug-likeness (QED) is 0.789. The number of nitrogens with one attached hydrogen (secondary N) is 1. The zero-order chi connectivity index (χ0) is 22.3. The Labute approximate surface area is 190 Å². The summed E-state index contributed by atoms with van der Waals surface area (Å²) in [4.78, 5) is 26.9. The normalized spacial score (nSPS) is 21.3. The second-order valence-corrected chi connectivity index (χ2v) is 10.1. The number of piperidine rings is 1. The first kappa shape index (κ1) is 21.0. The van der Waals surface area contributed by atoms with Crippen molar-refractivity contribution in [1.29, 1.82) is 0 Å². The van der Waals surface area contributed by atoms with Crippen LogP contribution in [0.4, 0.5) is 0 Å². The SMILES string of the molecule is CC1(C)C[C@H]1C(=O)NCC(=O)N1CCC(=C2c3ccccc3CCc3ccccc32)CC1. The average Bonchev–Trinajstić information content (AvgIpc) is 3.49.